The van der Waals surface area contributed by atoms with Crippen LogP contribution < -0.4 is 15.4 Å². The molecule has 1 atom stereocenters. The van der Waals surface area contributed by atoms with Crippen LogP contribution in [0, 0.1) is 0 Å². The molecule has 196 valence electrons. The number of unbranched alkanes of at least 4 members (excludes halogenated alkanes) is 3. The largest absolute Gasteiger partial charge is 0.497 e. The first-order chi connectivity index (χ1) is 17.1. The van der Waals surface area contributed by atoms with Gasteiger partial charge in [0, 0.05) is 12.2 Å². The quantitative estimate of drug-likeness (QED) is 0.388. The minimum Gasteiger partial charge on any atom is -0.497 e. The molecule has 36 heavy (non-hydrogen) atoms. The average Bonchev–Trinajstić information content (AvgIpc) is 2.84. The minimum absolute atomic E-state index is 0.276. The molecule has 8 nitrogen and oxygen atoms in total. The maximum atomic E-state index is 13.6. The van der Waals surface area contributed by atoms with Crippen molar-refractivity contribution in [3.63, 3.8) is 0 Å². The summed E-state index contributed by atoms with van der Waals surface area (Å²) in [6.07, 6.45) is 3.08. The molecule has 0 heterocycles. The Kier molecular flexibility index (Phi) is 11.2. The van der Waals surface area contributed by atoms with Crippen LogP contribution in [0.5, 0.6) is 5.75 Å². The van der Waals surface area contributed by atoms with E-state index in [1.165, 1.54) is 0 Å². The van der Waals surface area contributed by atoms with Crippen molar-refractivity contribution in [2.75, 3.05) is 25.5 Å². The van der Waals surface area contributed by atoms with Crippen molar-refractivity contribution in [2.24, 2.45) is 0 Å². The highest BCUT2D eigenvalue weighted by atomic mass is 16.6. The van der Waals surface area contributed by atoms with E-state index in [1.54, 1.807) is 57.0 Å². The van der Waals surface area contributed by atoms with Gasteiger partial charge in [0.15, 0.2) is 0 Å². The summed E-state index contributed by atoms with van der Waals surface area (Å²) in [4.78, 5) is 40.7. The van der Waals surface area contributed by atoms with Gasteiger partial charge >= 0.3 is 6.09 Å². The molecule has 2 aromatic carbocycles. The number of anilines is 1. The smallest absolute Gasteiger partial charge is 0.408 e. The lowest BCUT2D eigenvalue weighted by atomic mass is 10.0. The second-order valence-electron chi connectivity index (χ2n) is 9.53. The van der Waals surface area contributed by atoms with Crippen LogP contribution in [0.25, 0.3) is 0 Å². The van der Waals surface area contributed by atoms with Crippen molar-refractivity contribution in [1.82, 2.24) is 10.2 Å². The molecule has 2 aromatic rings. The second kappa shape index (κ2) is 14.1. The van der Waals surface area contributed by atoms with Crippen molar-refractivity contribution in [1.29, 1.82) is 0 Å². The van der Waals surface area contributed by atoms with Gasteiger partial charge < -0.3 is 25.0 Å². The molecule has 0 saturated carbocycles. The van der Waals surface area contributed by atoms with Gasteiger partial charge in [0.2, 0.25) is 5.91 Å². The number of benzene rings is 2. The van der Waals surface area contributed by atoms with Gasteiger partial charge in [-0.15, -0.1) is 0 Å². The molecule has 2 N–H and O–H groups in total. The number of carbonyl (C=O) groups excluding carboxylic acids is 3. The molecule has 0 aromatic heterocycles. The number of ether oxygens (including phenoxy) is 2. The van der Waals surface area contributed by atoms with Crippen LogP contribution in [-0.2, 0) is 14.3 Å². The Balaban J connectivity index is 2.29. The Labute approximate surface area is 214 Å². The van der Waals surface area contributed by atoms with Gasteiger partial charge in [0.05, 0.1) is 7.11 Å². The van der Waals surface area contributed by atoms with Gasteiger partial charge in [-0.25, -0.2) is 4.79 Å². The highest BCUT2D eigenvalue weighted by Crippen LogP contribution is 2.25. The number of hydrogen-bond acceptors (Lipinski definition) is 5. The fourth-order valence-corrected chi connectivity index (χ4v) is 3.66. The summed E-state index contributed by atoms with van der Waals surface area (Å²) in [6.45, 7) is 7.48. The fourth-order valence-electron chi connectivity index (χ4n) is 3.66. The summed E-state index contributed by atoms with van der Waals surface area (Å²) in [7, 11) is 1.58. The maximum absolute atomic E-state index is 13.6. The lowest BCUT2D eigenvalue weighted by Gasteiger charge is -2.32. The van der Waals surface area contributed by atoms with Gasteiger partial charge in [0.25, 0.3) is 5.91 Å². The van der Waals surface area contributed by atoms with Crippen LogP contribution in [0.3, 0.4) is 0 Å². The number of nitrogens with one attached hydrogen (secondary N) is 2. The van der Waals surface area contributed by atoms with Crippen LogP contribution in [0.4, 0.5) is 10.5 Å². The highest BCUT2D eigenvalue weighted by molar-refractivity contribution is 5.98. The first kappa shape index (κ1) is 28.7. The molecular formula is C28H39N3O5. The van der Waals surface area contributed by atoms with Crippen LogP contribution in [0.1, 0.15) is 65.0 Å². The molecular weight excluding hydrogens is 458 g/mol. The number of amides is 3. The molecule has 0 radical (unpaired) electrons. The molecule has 0 aliphatic carbocycles. The van der Waals surface area contributed by atoms with E-state index in [0.717, 1.165) is 25.7 Å². The highest BCUT2D eigenvalue weighted by Gasteiger charge is 2.31. The van der Waals surface area contributed by atoms with Crippen molar-refractivity contribution < 1.29 is 23.9 Å². The molecule has 0 fully saturated rings. The third-order valence-electron chi connectivity index (χ3n) is 5.39. The minimum atomic E-state index is -0.872. The topological polar surface area (TPSA) is 97.0 Å². The van der Waals surface area contributed by atoms with E-state index >= 15 is 0 Å². The number of methoxy groups -OCH3 is 1. The summed E-state index contributed by atoms with van der Waals surface area (Å²) >= 11 is 0. The second-order valence-corrected chi connectivity index (χ2v) is 9.53. The lowest BCUT2D eigenvalue weighted by molar-refractivity contribution is -0.138. The zero-order valence-corrected chi connectivity index (χ0v) is 22.0. The molecule has 3 amide bonds. The van der Waals surface area contributed by atoms with Crippen LogP contribution >= 0.6 is 0 Å². The molecule has 0 spiro atoms. The third-order valence-corrected chi connectivity index (χ3v) is 5.39. The van der Waals surface area contributed by atoms with E-state index in [0.29, 0.717) is 23.5 Å². The van der Waals surface area contributed by atoms with Gasteiger partial charge in [-0.3, -0.25) is 9.59 Å². The molecule has 0 aliphatic rings. The zero-order chi connectivity index (χ0) is 26.6. The number of carbonyl (C=O) groups is 3. The van der Waals surface area contributed by atoms with Crippen molar-refractivity contribution in [3.8, 4) is 5.75 Å². The predicted molar refractivity (Wildman–Crippen MR) is 141 cm³/mol. The SMILES string of the molecule is CCCCCCN(C(=O)CNC(=O)OC(C)(C)C)C(C(=O)Nc1ccc(OC)cc1)c1ccccc1. The molecule has 0 aliphatic heterocycles. The van der Waals surface area contributed by atoms with Crippen molar-refractivity contribution in [3.05, 3.63) is 60.2 Å². The summed E-state index contributed by atoms with van der Waals surface area (Å²) in [5.41, 5.74) is 0.592. The number of alkyl carbamates (subject to hydrolysis) is 1. The molecule has 2 rings (SSSR count). The Bertz CT molecular complexity index is 971. The molecule has 0 bridgehead atoms. The number of hydrogen-bond donors (Lipinski definition) is 2. The van der Waals surface area contributed by atoms with E-state index in [-0.39, 0.29) is 18.4 Å². The Morgan fingerprint density at radius 1 is 0.944 bits per heavy atom. The summed E-state index contributed by atoms with van der Waals surface area (Å²) in [5.74, 6) is -0.0304. The maximum Gasteiger partial charge on any atom is 0.408 e. The van der Waals surface area contributed by atoms with Crippen LogP contribution in [-0.4, -0.2) is 48.6 Å². The van der Waals surface area contributed by atoms with Crippen molar-refractivity contribution in [2.45, 2.75) is 65.0 Å². The molecule has 1 unspecified atom stereocenters. The summed E-state index contributed by atoms with van der Waals surface area (Å²) in [6, 6.07) is 15.3. The van der Waals surface area contributed by atoms with E-state index in [9.17, 15) is 14.4 Å². The standard InChI is InChI=1S/C28H39N3O5/c1-6-7-8-12-19-31(24(32)20-29-27(34)36-28(2,3)4)25(21-13-10-9-11-14-21)26(33)30-22-15-17-23(35-5)18-16-22/h9-11,13-18,25H,6-8,12,19-20H2,1-5H3,(H,29,34)(H,30,33). The Hall–Kier alpha value is -3.55. The van der Waals surface area contributed by atoms with Gasteiger partial charge in [-0.05, 0) is 57.0 Å². The van der Waals surface area contributed by atoms with Crippen LogP contribution in [0.15, 0.2) is 54.6 Å². The third kappa shape index (κ3) is 9.60. The monoisotopic (exact) mass is 497 g/mol. The first-order valence-corrected chi connectivity index (χ1v) is 12.4. The van der Waals surface area contributed by atoms with Crippen molar-refractivity contribution >= 4 is 23.6 Å². The van der Waals surface area contributed by atoms with E-state index in [2.05, 4.69) is 17.6 Å². The Morgan fingerprint density at radius 3 is 2.19 bits per heavy atom. The summed E-state index contributed by atoms with van der Waals surface area (Å²) in [5, 5.41) is 5.45. The predicted octanol–water partition coefficient (Wildman–Crippen LogP) is 5.31. The first-order valence-electron chi connectivity index (χ1n) is 12.4. The Morgan fingerprint density at radius 2 is 1.61 bits per heavy atom. The lowest BCUT2D eigenvalue weighted by Crippen LogP contribution is -2.47. The number of nitrogens with zero attached hydrogens (tertiary/aromatic N) is 1. The zero-order valence-electron chi connectivity index (χ0n) is 22.0. The van der Waals surface area contributed by atoms with E-state index in [4.69, 9.17) is 9.47 Å². The average molecular weight is 498 g/mol. The fraction of sp³-hybridized carbons (Fsp3) is 0.464. The normalized spacial score (nSPS) is 11.8. The summed E-state index contributed by atoms with van der Waals surface area (Å²) < 4.78 is 10.5. The van der Waals surface area contributed by atoms with Gasteiger partial charge in [-0.1, -0.05) is 56.5 Å². The van der Waals surface area contributed by atoms with Crippen LogP contribution in [0.2, 0.25) is 0 Å². The van der Waals surface area contributed by atoms with E-state index < -0.39 is 17.7 Å². The van der Waals surface area contributed by atoms with Gasteiger partial charge in [-0.2, -0.15) is 0 Å². The molecule has 8 heteroatoms. The number of rotatable bonds is 12. The van der Waals surface area contributed by atoms with E-state index in [1.807, 2.05) is 30.3 Å². The molecule has 0 saturated heterocycles. The van der Waals surface area contributed by atoms with Gasteiger partial charge in [0.1, 0.15) is 23.9 Å².